The first-order valence-electron chi connectivity index (χ1n) is 9.53. The molecule has 1 unspecified atom stereocenters. The maximum atomic E-state index is 12.8. The van der Waals surface area contributed by atoms with Gasteiger partial charge in [0.1, 0.15) is 23.3 Å². The van der Waals surface area contributed by atoms with Crippen LogP contribution in [0.3, 0.4) is 0 Å². The molecule has 11 heteroatoms. The Morgan fingerprint density at radius 2 is 2.21 bits per heavy atom. The Balaban J connectivity index is 1.45. The molecule has 0 saturated carbocycles. The first-order valence-corrected chi connectivity index (χ1v) is 9.53. The van der Waals surface area contributed by atoms with E-state index in [9.17, 15) is 9.59 Å². The number of rotatable bonds is 3. The molecule has 2 aromatic rings. The Bertz CT molecular complexity index is 900. The molecule has 2 aliphatic heterocycles. The highest BCUT2D eigenvalue weighted by Gasteiger charge is 2.42. The summed E-state index contributed by atoms with van der Waals surface area (Å²) >= 11 is 0. The van der Waals surface area contributed by atoms with Crippen LogP contribution in [0.1, 0.15) is 34.7 Å². The number of amides is 3. The zero-order valence-electron chi connectivity index (χ0n) is 16.5. The van der Waals surface area contributed by atoms with Gasteiger partial charge in [0.2, 0.25) is 0 Å². The highest BCUT2D eigenvalue weighted by molar-refractivity contribution is 5.92. The average molecular weight is 400 g/mol. The van der Waals surface area contributed by atoms with E-state index in [1.807, 2.05) is 4.68 Å². The molecule has 0 aromatic carbocycles. The molecule has 1 saturated heterocycles. The van der Waals surface area contributed by atoms with Crippen molar-refractivity contribution < 1.29 is 14.3 Å². The normalized spacial score (nSPS) is 21.0. The monoisotopic (exact) mass is 400 g/mol. The summed E-state index contributed by atoms with van der Waals surface area (Å²) in [4.78, 5) is 35.7. The van der Waals surface area contributed by atoms with Gasteiger partial charge >= 0.3 is 6.03 Å². The molecule has 4 rings (SSSR count). The Hall–Kier alpha value is -3.08. The topological polar surface area (TPSA) is 118 Å². The van der Waals surface area contributed by atoms with Crippen molar-refractivity contribution in [1.82, 2.24) is 40.1 Å². The minimum atomic E-state index is -0.494. The van der Waals surface area contributed by atoms with Gasteiger partial charge in [-0.1, -0.05) is 5.21 Å². The highest BCUT2D eigenvalue weighted by Crippen LogP contribution is 2.32. The number of carbonyl (C=O) groups excluding carboxylic acids is 2. The number of likely N-dealkylation sites (tertiary alicyclic amines) is 1. The number of hydrogen-bond acceptors (Lipinski definition) is 7. The number of carbonyl (C=O) groups is 2. The van der Waals surface area contributed by atoms with E-state index in [0.29, 0.717) is 44.2 Å². The van der Waals surface area contributed by atoms with Gasteiger partial charge in [0.05, 0.1) is 31.9 Å². The SMILES string of the molecule is CN(C)C(=O)NCc1nnn2c1COC1(CCCN(C(=O)c3ccncn3)C1)C2. The summed E-state index contributed by atoms with van der Waals surface area (Å²) in [6.07, 6.45) is 4.62. The van der Waals surface area contributed by atoms with Crippen molar-refractivity contribution in [2.24, 2.45) is 0 Å². The number of aromatic nitrogens is 5. The fourth-order valence-electron chi connectivity index (χ4n) is 3.75. The molecule has 4 heterocycles. The van der Waals surface area contributed by atoms with E-state index in [0.717, 1.165) is 18.5 Å². The van der Waals surface area contributed by atoms with Crippen molar-refractivity contribution in [3.63, 3.8) is 0 Å². The van der Waals surface area contributed by atoms with Crippen molar-refractivity contribution in [1.29, 1.82) is 0 Å². The van der Waals surface area contributed by atoms with Crippen molar-refractivity contribution in [2.75, 3.05) is 27.2 Å². The van der Waals surface area contributed by atoms with Crippen LogP contribution in [0.5, 0.6) is 0 Å². The largest absolute Gasteiger partial charge is 0.365 e. The van der Waals surface area contributed by atoms with Crippen LogP contribution in [0.2, 0.25) is 0 Å². The number of hydrogen-bond donors (Lipinski definition) is 1. The molecule has 29 heavy (non-hydrogen) atoms. The molecule has 3 amide bonds. The third kappa shape index (κ3) is 3.90. The van der Waals surface area contributed by atoms with Crippen LogP contribution in [-0.2, 0) is 24.4 Å². The van der Waals surface area contributed by atoms with Gasteiger partial charge in [0.15, 0.2) is 0 Å². The Morgan fingerprint density at radius 3 is 2.97 bits per heavy atom. The van der Waals surface area contributed by atoms with Gasteiger partial charge in [-0.15, -0.1) is 5.10 Å². The van der Waals surface area contributed by atoms with Crippen LogP contribution in [0.4, 0.5) is 4.79 Å². The fourth-order valence-corrected chi connectivity index (χ4v) is 3.75. The first kappa shape index (κ1) is 19.2. The van der Waals surface area contributed by atoms with Crippen molar-refractivity contribution in [2.45, 2.75) is 38.1 Å². The predicted molar refractivity (Wildman–Crippen MR) is 101 cm³/mol. The van der Waals surface area contributed by atoms with Crippen molar-refractivity contribution >= 4 is 11.9 Å². The molecule has 0 bridgehead atoms. The third-order valence-corrected chi connectivity index (χ3v) is 5.31. The van der Waals surface area contributed by atoms with Crippen LogP contribution < -0.4 is 5.32 Å². The van der Waals surface area contributed by atoms with Crippen LogP contribution in [-0.4, -0.2) is 79.5 Å². The molecule has 1 spiro atoms. The summed E-state index contributed by atoms with van der Waals surface area (Å²) in [5.74, 6) is -0.119. The standard InChI is InChI=1S/C18H24N8O3/c1-24(2)17(28)20-8-14-15-9-29-18(11-26(15)23-22-14)5-3-7-25(10-18)16(27)13-4-6-19-12-21-13/h4,6,12H,3,5,7-11H2,1-2H3,(H,20,28). The molecule has 1 fully saturated rings. The Morgan fingerprint density at radius 1 is 1.34 bits per heavy atom. The molecule has 1 atom stereocenters. The third-order valence-electron chi connectivity index (χ3n) is 5.31. The quantitative estimate of drug-likeness (QED) is 0.773. The van der Waals surface area contributed by atoms with Gasteiger partial charge < -0.3 is 19.9 Å². The second-order valence-electron chi connectivity index (χ2n) is 7.59. The van der Waals surface area contributed by atoms with E-state index >= 15 is 0 Å². The molecule has 11 nitrogen and oxygen atoms in total. The lowest BCUT2D eigenvalue weighted by Gasteiger charge is -2.44. The summed E-state index contributed by atoms with van der Waals surface area (Å²) in [6, 6.07) is 1.43. The summed E-state index contributed by atoms with van der Waals surface area (Å²) in [5, 5.41) is 11.3. The maximum Gasteiger partial charge on any atom is 0.317 e. The van der Waals surface area contributed by atoms with E-state index in [1.165, 1.54) is 11.2 Å². The molecular weight excluding hydrogens is 376 g/mol. The minimum Gasteiger partial charge on any atom is -0.365 e. The number of fused-ring (bicyclic) bond motifs is 1. The van der Waals surface area contributed by atoms with Gasteiger partial charge in [0.25, 0.3) is 5.91 Å². The van der Waals surface area contributed by atoms with E-state index in [-0.39, 0.29) is 11.9 Å². The lowest BCUT2D eigenvalue weighted by atomic mass is 9.91. The van der Waals surface area contributed by atoms with E-state index in [4.69, 9.17) is 4.74 Å². The van der Waals surface area contributed by atoms with Gasteiger partial charge in [-0.25, -0.2) is 19.4 Å². The highest BCUT2D eigenvalue weighted by atomic mass is 16.5. The summed E-state index contributed by atoms with van der Waals surface area (Å²) in [5.41, 5.74) is 1.44. The number of nitrogens with zero attached hydrogens (tertiary/aromatic N) is 7. The fraction of sp³-hybridized carbons (Fsp3) is 0.556. The van der Waals surface area contributed by atoms with Crippen LogP contribution in [0, 0.1) is 0 Å². The van der Waals surface area contributed by atoms with Gasteiger partial charge in [-0.3, -0.25) is 4.79 Å². The first-order chi connectivity index (χ1) is 14.0. The maximum absolute atomic E-state index is 12.8. The summed E-state index contributed by atoms with van der Waals surface area (Å²) in [6.45, 7) is 2.29. The van der Waals surface area contributed by atoms with Crippen LogP contribution in [0.25, 0.3) is 0 Å². The average Bonchev–Trinajstić information content (AvgIpc) is 3.13. The number of nitrogens with one attached hydrogen (secondary N) is 1. The lowest BCUT2D eigenvalue weighted by molar-refractivity contribution is -0.122. The smallest absolute Gasteiger partial charge is 0.317 e. The predicted octanol–water partition coefficient (Wildman–Crippen LogP) is 0.0445. The summed E-state index contributed by atoms with van der Waals surface area (Å²) < 4.78 is 8.08. The lowest BCUT2D eigenvalue weighted by Crippen LogP contribution is -2.55. The second-order valence-corrected chi connectivity index (χ2v) is 7.59. The van der Waals surface area contributed by atoms with Crippen LogP contribution >= 0.6 is 0 Å². The van der Waals surface area contributed by atoms with Crippen molar-refractivity contribution in [3.8, 4) is 0 Å². The Labute approximate surface area is 168 Å². The number of piperidine rings is 1. The summed E-state index contributed by atoms with van der Waals surface area (Å²) in [7, 11) is 3.36. The second kappa shape index (κ2) is 7.74. The molecule has 0 radical (unpaired) electrons. The van der Waals surface area contributed by atoms with Gasteiger partial charge in [-0.05, 0) is 18.9 Å². The molecule has 0 aliphatic carbocycles. The zero-order chi connectivity index (χ0) is 20.4. The van der Waals surface area contributed by atoms with E-state index in [2.05, 4.69) is 25.6 Å². The minimum absolute atomic E-state index is 0.119. The molecule has 2 aliphatic rings. The molecular formula is C18H24N8O3. The van der Waals surface area contributed by atoms with Gasteiger partial charge in [0, 0.05) is 26.8 Å². The number of urea groups is 1. The molecule has 1 N–H and O–H groups in total. The van der Waals surface area contributed by atoms with E-state index < -0.39 is 5.60 Å². The number of ether oxygens (including phenoxy) is 1. The van der Waals surface area contributed by atoms with Crippen molar-refractivity contribution in [3.05, 3.63) is 35.7 Å². The van der Waals surface area contributed by atoms with E-state index in [1.54, 1.807) is 31.3 Å². The van der Waals surface area contributed by atoms with Gasteiger partial charge in [-0.2, -0.15) is 0 Å². The van der Waals surface area contributed by atoms with Crippen LogP contribution in [0.15, 0.2) is 18.6 Å². The molecule has 154 valence electrons. The Kier molecular flexibility index (Phi) is 5.14. The molecule has 2 aromatic heterocycles. The zero-order valence-corrected chi connectivity index (χ0v) is 16.5.